The summed E-state index contributed by atoms with van der Waals surface area (Å²) in [5.74, 6) is 0.250. The van der Waals surface area contributed by atoms with Gasteiger partial charge in [0.15, 0.2) is 0 Å². The molecule has 2 aliphatic heterocycles. The van der Waals surface area contributed by atoms with Gasteiger partial charge >= 0.3 is 0 Å². The molecule has 2 aliphatic rings. The number of amides is 1. The first-order valence-corrected chi connectivity index (χ1v) is 9.31. The minimum atomic E-state index is -0.744. The first-order valence-electron chi connectivity index (χ1n) is 9.31. The van der Waals surface area contributed by atoms with Crippen LogP contribution in [-0.4, -0.2) is 52.5 Å². The quantitative estimate of drug-likeness (QED) is 0.927. The zero-order valence-electron chi connectivity index (χ0n) is 14.9. The number of piperidine rings is 2. The highest BCUT2D eigenvalue weighted by atomic mass is 16.3. The van der Waals surface area contributed by atoms with Crippen LogP contribution in [0.3, 0.4) is 0 Å². The van der Waals surface area contributed by atoms with Gasteiger partial charge in [-0.25, -0.2) is 0 Å². The van der Waals surface area contributed by atoms with Crippen LogP contribution >= 0.6 is 0 Å². The molecule has 2 fully saturated rings. The lowest BCUT2D eigenvalue weighted by atomic mass is 9.84. The van der Waals surface area contributed by atoms with E-state index < -0.39 is 5.60 Å². The van der Waals surface area contributed by atoms with Crippen LogP contribution in [0.2, 0.25) is 0 Å². The van der Waals surface area contributed by atoms with E-state index in [1.165, 1.54) is 6.42 Å². The Morgan fingerprint density at radius 1 is 1.12 bits per heavy atom. The topological polar surface area (TPSA) is 43.8 Å². The van der Waals surface area contributed by atoms with E-state index in [4.69, 9.17) is 0 Å². The van der Waals surface area contributed by atoms with Crippen molar-refractivity contribution in [2.75, 3.05) is 19.6 Å². The second-order valence-corrected chi connectivity index (χ2v) is 7.60. The molecule has 3 rings (SSSR count). The van der Waals surface area contributed by atoms with Gasteiger partial charge in [0.25, 0.3) is 0 Å². The van der Waals surface area contributed by atoms with E-state index >= 15 is 0 Å². The predicted octanol–water partition coefficient (Wildman–Crippen LogP) is 2.76. The summed E-state index contributed by atoms with van der Waals surface area (Å²) >= 11 is 0. The third kappa shape index (κ3) is 3.65. The number of nitrogens with zero attached hydrogens (tertiary/aromatic N) is 2. The number of benzene rings is 1. The molecule has 132 valence electrons. The number of likely N-dealkylation sites (tertiary alicyclic amines) is 2. The molecule has 1 amide bonds. The smallest absolute Gasteiger partial charge is 0.237 e. The first-order chi connectivity index (χ1) is 11.5. The van der Waals surface area contributed by atoms with Crippen molar-refractivity contribution in [1.82, 2.24) is 9.80 Å². The molecule has 1 aromatic carbocycles. The normalized spacial score (nSPS) is 27.9. The largest absolute Gasteiger partial charge is 0.385 e. The Balaban J connectivity index is 1.56. The molecular formula is C20H30N2O2. The molecule has 0 saturated carbocycles. The average Bonchev–Trinajstić information content (AvgIpc) is 2.58. The van der Waals surface area contributed by atoms with Crippen LogP contribution in [0.1, 0.15) is 51.5 Å². The highest BCUT2D eigenvalue weighted by Crippen LogP contribution is 2.32. The fraction of sp³-hybridized carbons (Fsp3) is 0.650. The Bertz CT molecular complexity index is 542. The van der Waals surface area contributed by atoms with E-state index in [-0.39, 0.29) is 5.91 Å². The van der Waals surface area contributed by atoms with Gasteiger partial charge in [-0.3, -0.25) is 9.69 Å². The van der Waals surface area contributed by atoms with Crippen molar-refractivity contribution in [2.45, 2.75) is 63.6 Å². The monoisotopic (exact) mass is 330 g/mol. The summed E-state index contributed by atoms with van der Waals surface area (Å²) in [5, 5.41) is 10.9. The number of hydrogen-bond acceptors (Lipinski definition) is 3. The van der Waals surface area contributed by atoms with Crippen LogP contribution in [0.25, 0.3) is 0 Å². The van der Waals surface area contributed by atoms with Gasteiger partial charge < -0.3 is 10.0 Å². The molecule has 0 bridgehead atoms. The summed E-state index contributed by atoms with van der Waals surface area (Å²) in [4.78, 5) is 17.0. The minimum Gasteiger partial charge on any atom is -0.385 e. The summed E-state index contributed by atoms with van der Waals surface area (Å²) < 4.78 is 0. The molecule has 0 unspecified atom stereocenters. The molecule has 0 aliphatic carbocycles. The summed E-state index contributed by atoms with van der Waals surface area (Å²) in [6.07, 6.45) is 4.83. The minimum absolute atomic E-state index is 0.250. The van der Waals surface area contributed by atoms with Crippen molar-refractivity contribution in [2.24, 2.45) is 0 Å². The van der Waals surface area contributed by atoms with Crippen LogP contribution in [0, 0.1) is 0 Å². The maximum Gasteiger partial charge on any atom is 0.237 e. The van der Waals surface area contributed by atoms with Gasteiger partial charge in [0.05, 0.1) is 12.1 Å². The van der Waals surface area contributed by atoms with Gasteiger partial charge in [-0.05, 0) is 51.5 Å². The first kappa shape index (κ1) is 17.4. The standard InChI is InChI=1S/C20H30N2O2/c1-16-7-6-8-17(2)22(16)19(23)15-21-13-11-20(24,12-14-21)18-9-4-3-5-10-18/h3-5,9-10,16-17,24H,6-8,11-15H2,1-2H3/t16-,17-/m0/s1. The number of aliphatic hydroxyl groups is 1. The van der Waals surface area contributed by atoms with Crippen LogP contribution < -0.4 is 0 Å². The molecule has 0 spiro atoms. The summed E-state index contributed by atoms with van der Waals surface area (Å²) in [6.45, 7) is 6.36. The Hall–Kier alpha value is -1.39. The fourth-order valence-corrected chi connectivity index (χ4v) is 4.30. The molecule has 2 heterocycles. The molecule has 2 atom stereocenters. The van der Waals surface area contributed by atoms with Crippen LogP contribution in [0.15, 0.2) is 30.3 Å². The van der Waals surface area contributed by atoms with E-state index in [0.29, 0.717) is 31.5 Å². The zero-order chi connectivity index (χ0) is 17.2. The molecule has 1 aromatic rings. The zero-order valence-corrected chi connectivity index (χ0v) is 14.9. The summed E-state index contributed by atoms with van der Waals surface area (Å²) in [7, 11) is 0. The highest BCUT2D eigenvalue weighted by molar-refractivity contribution is 5.79. The Morgan fingerprint density at radius 3 is 2.29 bits per heavy atom. The highest BCUT2D eigenvalue weighted by Gasteiger charge is 2.36. The van der Waals surface area contributed by atoms with Gasteiger partial charge in [0.2, 0.25) is 5.91 Å². The van der Waals surface area contributed by atoms with Gasteiger partial charge in [-0.1, -0.05) is 30.3 Å². The molecule has 4 nitrogen and oxygen atoms in total. The lowest BCUT2D eigenvalue weighted by Crippen LogP contribution is -2.52. The summed E-state index contributed by atoms with van der Waals surface area (Å²) in [6, 6.07) is 10.6. The molecule has 4 heteroatoms. The molecule has 2 saturated heterocycles. The third-order valence-corrected chi connectivity index (χ3v) is 5.83. The van der Waals surface area contributed by atoms with Crippen molar-refractivity contribution < 1.29 is 9.90 Å². The van der Waals surface area contributed by atoms with E-state index in [2.05, 4.69) is 23.6 Å². The Morgan fingerprint density at radius 2 is 1.71 bits per heavy atom. The lowest BCUT2D eigenvalue weighted by Gasteiger charge is -2.42. The maximum absolute atomic E-state index is 12.7. The average molecular weight is 330 g/mol. The van der Waals surface area contributed by atoms with Crippen molar-refractivity contribution in [1.29, 1.82) is 0 Å². The molecule has 24 heavy (non-hydrogen) atoms. The molecular weight excluding hydrogens is 300 g/mol. The van der Waals surface area contributed by atoms with Crippen molar-refractivity contribution in [3.63, 3.8) is 0 Å². The number of carbonyl (C=O) groups excluding carboxylic acids is 1. The van der Waals surface area contributed by atoms with Crippen molar-refractivity contribution in [3.8, 4) is 0 Å². The second kappa shape index (κ2) is 7.24. The van der Waals surface area contributed by atoms with E-state index in [0.717, 1.165) is 31.5 Å². The van der Waals surface area contributed by atoms with E-state index in [9.17, 15) is 9.90 Å². The van der Waals surface area contributed by atoms with Gasteiger partial charge in [0.1, 0.15) is 0 Å². The van der Waals surface area contributed by atoms with Gasteiger partial charge in [-0.2, -0.15) is 0 Å². The Labute approximate surface area is 145 Å². The fourth-order valence-electron chi connectivity index (χ4n) is 4.30. The lowest BCUT2D eigenvalue weighted by molar-refractivity contribution is -0.139. The third-order valence-electron chi connectivity index (χ3n) is 5.83. The maximum atomic E-state index is 12.7. The van der Waals surface area contributed by atoms with Crippen molar-refractivity contribution in [3.05, 3.63) is 35.9 Å². The van der Waals surface area contributed by atoms with Gasteiger partial charge in [-0.15, -0.1) is 0 Å². The van der Waals surface area contributed by atoms with Crippen LogP contribution in [-0.2, 0) is 10.4 Å². The van der Waals surface area contributed by atoms with E-state index in [1.54, 1.807) is 0 Å². The predicted molar refractivity (Wildman–Crippen MR) is 95.6 cm³/mol. The van der Waals surface area contributed by atoms with Crippen LogP contribution in [0.5, 0.6) is 0 Å². The SMILES string of the molecule is C[C@H]1CCC[C@H](C)N1C(=O)CN1CCC(O)(c2ccccc2)CC1. The second-order valence-electron chi connectivity index (χ2n) is 7.60. The molecule has 1 N–H and O–H groups in total. The molecule has 0 aromatic heterocycles. The number of carbonyl (C=O) groups is 1. The number of hydrogen-bond donors (Lipinski definition) is 1. The van der Waals surface area contributed by atoms with Crippen LogP contribution in [0.4, 0.5) is 0 Å². The molecule has 0 radical (unpaired) electrons. The van der Waals surface area contributed by atoms with E-state index in [1.807, 2.05) is 30.3 Å². The Kier molecular flexibility index (Phi) is 5.26. The number of rotatable bonds is 3. The summed E-state index contributed by atoms with van der Waals surface area (Å²) in [5.41, 5.74) is 0.251. The van der Waals surface area contributed by atoms with Gasteiger partial charge in [0, 0.05) is 25.2 Å². The van der Waals surface area contributed by atoms with Crippen molar-refractivity contribution >= 4 is 5.91 Å².